The number of hydrogen-bond donors (Lipinski definition) is 1. The first kappa shape index (κ1) is 22.2. The van der Waals surface area contributed by atoms with Gasteiger partial charge in [0.2, 0.25) is 6.79 Å². The Kier molecular flexibility index (Phi) is 7.01. The summed E-state index contributed by atoms with van der Waals surface area (Å²) >= 11 is 8.10. The molecule has 164 valence electrons. The molecule has 1 aliphatic rings. The Morgan fingerprint density at radius 1 is 1.16 bits per heavy atom. The maximum absolute atomic E-state index is 12.3. The van der Waals surface area contributed by atoms with Gasteiger partial charge in [-0.25, -0.2) is 5.43 Å². The van der Waals surface area contributed by atoms with Crippen LogP contribution < -0.4 is 24.4 Å². The van der Waals surface area contributed by atoms with Crippen LogP contribution in [0.4, 0.5) is 0 Å². The van der Waals surface area contributed by atoms with Crippen LogP contribution in [-0.2, 0) is 6.61 Å². The molecule has 3 aromatic carbocycles. The van der Waals surface area contributed by atoms with E-state index in [9.17, 15) is 4.79 Å². The van der Waals surface area contributed by atoms with E-state index in [-0.39, 0.29) is 12.7 Å². The number of hydrazone groups is 1. The van der Waals surface area contributed by atoms with E-state index in [1.165, 1.54) is 0 Å². The quantitative estimate of drug-likeness (QED) is 0.248. The third-order valence-corrected chi connectivity index (χ3v) is 5.62. The number of amides is 1. The molecular formula is C23H18ClIN2O5. The molecule has 0 fully saturated rings. The number of rotatable bonds is 7. The monoisotopic (exact) mass is 564 g/mol. The molecule has 0 aliphatic carbocycles. The first-order valence-electron chi connectivity index (χ1n) is 9.51. The third kappa shape index (κ3) is 5.25. The van der Waals surface area contributed by atoms with E-state index in [4.69, 9.17) is 30.5 Å². The van der Waals surface area contributed by atoms with Gasteiger partial charge in [-0.2, -0.15) is 5.10 Å². The van der Waals surface area contributed by atoms with Gasteiger partial charge in [0.25, 0.3) is 5.91 Å². The van der Waals surface area contributed by atoms with Crippen molar-refractivity contribution in [2.45, 2.75) is 6.61 Å². The minimum atomic E-state index is -0.357. The minimum absolute atomic E-state index is 0.151. The number of carbonyl (C=O) groups is 1. The third-order valence-electron chi connectivity index (χ3n) is 4.56. The highest BCUT2D eigenvalue weighted by atomic mass is 127. The van der Waals surface area contributed by atoms with Gasteiger partial charge in [-0.1, -0.05) is 23.7 Å². The van der Waals surface area contributed by atoms with E-state index in [0.717, 1.165) is 14.7 Å². The fraction of sp³-hybridized carbons (Fsp3) is 0.130. The molecule has 0 bridgehead atoms. The zero-order valence-corrected chi connectivity index (χ0v) is 19.8. The first-order valence-corrected chi connectivity index (χ1v) is 11.0. The van der Waals surface area contributed by atoms with Crippen LogP contribution >= 0.6 is 34.2 Å². The highest BCUT2D eigenvalue weighted by Crippen LogP contribution is 2.34. The summed E-state index contributed by atoms with van der Waals surface area (Å²) in [5.41, 5.74) is 4.67. The zero-order valence-electron chi connectivity index (χ0n) is 16.9. The highest BCUT2D eigenvalue weighted by molar-refractivity contribution is 14.1. The summed E-state index contributed by atoms with van der Waals surface area (Å²) in [4.78, 5) is 12.3. The molecule has 7 nitrogen and oxygen atoms in total. The maximum atomic E-state index is 12.3. The molecule has 1 amide bonds. The van der Waals surface area contributed by atoms with Crippen LogP contribution in [0, 0.1) is 3.57 Å². The van der Waals surface area contributed by atoms with Crippen LogP contribution in [0.3, 0.4) is 0 Å². The summed E-state index contributed by atoms with van der Waals surface area (Å²) < 4.78 is 22.8. The van der Waals surface area contributed by atoms with E-state index in [1.54, 1.807) is 37.6 Å². The molecule has 4 rings (SSSR count). The van der Waals surface area contributed by atoms with Crippen molar-refractivity contribution < 1.29 is 23.7 Å². The van der Waals surface area contributed by atoms with Crippen LogP contribution in [0.25, 0.3) is 0 Å². The summed E-state index contributed by atoms with van der Waals surface area (Å²) in [6.45, 7) is 0.529. The lowest BCUT2D eigenvalue weighted by molar-refractivity contribution is 0.0954. The van der Waals surface area contributed by atoms with Crippen LogP contribution in [0.15, 0.2) is 59.7 Å². The summed E-state index contributed by atoms with van der Waals surface area (Å²) in [6.07, 6.45) is 1.54. The standard InChI is InChI=1S/C23H18ClIN2O5/c1-29-21-9-15(8-18(25)22(21)30-12-14-2-5-17(24)6-3-14)11-26-27-23(28)16-4-7-19-20(10-16)32-13-31-19/h2-11H,12-13H2,1H3,(H,27,28)/b26-11-. The number of halogens is 2. The van der Waals surface area contributed by atoms with E-state index < -0.39 is 0 Å². The summed E-state index contributed by atoms with van der Waals surface area (Å²) in [5, 5.41) is 4.73. The van der Waals surface area contributed by atoms with E-state index in [0.29, 0.717) is 40.2 Å². The largest absolute Gasteiger partial charge is 0.493 e. The normalized spacial score (nSPS) is 12.1. The molecule has 0 radical (unpaired) electrons. The van der Waals surface area contributed by atoms with Crippen molar-refractivity contribution in [3.8, 4) is 23.0 Å². The van der Waals surface area contributed by atoms with Gasteiger partial charge in [0.05, 0.1) is 16.9 Å². The van der Waals surface area contributed by atoms with Gasteiger partial charge in [-0.05, 0) is 76.2 Å². The predicted octanol–water partition coefficient (Wildman–Crippen LogP) is 5.02. The Morgan fingerprint density at radius 2 is 1.94 bits per heavy atom. The van der Waals surface area contributed by atoms with Crippen LogP contribution in [0.5, 0.6) is 23.0 Å². The zero-order chi connectivity index (χ0) is 22.5. The molecule has 32 heavy (non-hydrogen) atoms. The highest BCUT2D eigenvalue weighted by Gasteiger charge is 2.16. The molecular weight excluding hydrogens is 547 g/mol. The van der Waals surface area contributed by atoms with Crippen molar-refractivity contribution in [3.63, 3.8) is 0 Å². The van der Waals surface area contributed by atoms with Crippen molar-refractivity contribution in [2.24, 2.45) is 5.10 Å². The second-order valence-electron chi connectivity index (χ2n) is 6.72. The van der Waals surface area contributed by atoms with Crippen LogP contribution in [0.1, 0.15) is 21.5 Å². The number of carbonyl (C=O) groups excluding carboxylic acids is 1. The Hall–Kier alpha value is -2.98. The van der Waals surface area contributed by atoms with Gasteiger partial charge < -0.3 is 18.9 Å². The molecule has 0 saturated heterocycles. The number of fused-ring (bicyclic) bond motifs is 1. The fourth-order valence-electron chi connectivity index (χ4n) is 2.96. The van der Waals surface area contributed by atoms with Gasteiger partial charge in [0.15, 0.2) is 23.0 Å². The smallest absolute Gasteiger partial charge is 0.271 e. The van der Waals surface area contributed by atoms with E-state index >= 15 is 0 Å². The summed E-state index contributed by atoms with van der Waals surface area (Å²) in [5.74, 6) is 1.99. The van der Waals surface area contributed by atoms with Crippen LogP contribution in [0.2, 0.25) is 5.02 Å². The Morgan fingerprint density at radius 3 is 2.72 bits per heavy atom. The van der Waals surface area contributed by atoms with Crippen molar-refractivity contribution in [2.75, 3.05) is 13.9 Å². The molecule has 3 aromatic rings. The number of nitrogens with one attached hydrogen (secondary N) is 1. The van der Waals surface area contributed by atoms with Crippen molar-refractivity contribution in [1.29, 1.82) is 0 Å². The molecule has 1 N–H and O–H groups in total. The second-order valence-corrected chi connectivity index (χ2v) is 8.32. The predicted molar refractivity (Wildman–Crippen MR) is 129 cm³/mol. The molecule has 1 aliphatic heterocycles. The molecule has 9 heteroatoms. The van der Waals surface area contributed by atoms with Gasteiger partial charge in [0.1, 0.15) is 6.61 Å². The lowest BCUT2D eigenvalue weighted by atomic mass is 10.2. The maximum Gasteiger partial charge on any atom is 0.271 e. The SMILES string of the molecule is COc1cc(/C=N\NC(=O)c2ccc3c(c2)OCO3)cc(I)c1OCc1ccc(Cl)cc1. The lowest BCUT2D eigenvalue weighted by Crippen LogP contribution is -2.17. The minimum Gasteiger partial charge on any atom is -0.493 e. The topological polar surface area (TPSA) is 78.4 Å². The van der Waals surface area contributed by atoms with Crippen molar-refractivity contribution >= 4 is 46.3 Å². The number of ether oxygens (including phenoxy) is 4. The molecule has 0 atom stereocenters. The Balaban J connectivity index is 1.42. The molecule has 0 unspecified atom stereocenters. The number of nitrogens with zero attached hydrogens (tertiary/aromatic N) is 1. The average Bonchev–Trinajstić information content (AvgIpc) is 3.27. The van der Waals surface area contributed by atoms with Gasteiger partial charge in [-0.3, -0.25) is 4.79 Å². The molecule has 1 heterocycles. The molecule has 0 saturated carbocycles. The van der Waals surface area contributed by atoms with E-state index in [1.807, 2.05) is 30.3 Å². The Labute approximate surface area is 203 Å². The number of methoxy groups -OCH3 is 1. The number of hydrogen-bond acceptors (Lipinski definition) is 6. The lowest BCUT2D eigenvalue weighted by Gasteiger charge is -2.13. The summed E-state index contributed by atoms with van der Waals surface area (Å²) in [7, 11) is 1.57. The van der Waals surface area contributed by atoms with Crippen LogP contribution in [-0.4, -0.2) is 26.0 Å². The van der Waals surface area contributed by atoms with Gasteiger partial charge >= 0.3 is 0 Å². The Bertz CT molecular complexity index is 1170. The van der Waals surface area contributed by atoms with Gasteiger partial charge in [0, 0.05) is 10.6 Å². The molecule has 0 spiro atoms. The molecule has 0 aromatic heterocycles. The number of benzene rings is 3. The van der Waals surface area contributed by atoms with Crippen molar-refractivity contribution in [3.05, 3.63) is 79.9 Å². The van der Waals surface area contributed by atoms with E-state index in [2.05, 4.69) is 33.1 Å². The van der Waals surface area contributed by atoms with Gasteiger partial charge in [-0.15, -0.1) is 0 Å². The first-order chi connectivity index (χ1) is 15.5. The summed E-state index contributed by atoms with van der Waals surface area (Å²) in [6, 6.07) is 16.1. The average molecular weight is 565 g/mol. The fourth-order valence-corrected chi connectivity index (χ4v) is 3.87. The van der Waals surface area contributed by atoms with Crippen molar-refractivity contribution in [1.82, 2.24) is 5.43 Å². The second kappa shape index (κ2) is 10.1.